The first kappa shape index (κ1) is 22.2. The minimum atomic E-state index is 0.110. The van der Waals surface area contributed by atoms with Gasteiger partial charge in [0.15, 0.2) is 17.3 Å². The van der Waals surface area contributed by atoms with Crippen molar-refractivity contribution < 1.29 is 19.0 Å². The molecule has 0 radical (unpaired) electrons. The second kappa shape index (κ2) is 10.5. The molecule has 0 spiro atoms. The molecule has 1 aliphatic heterocycles. The van der Waals surface area contributed by atoms with Gasteiger partial charge in [0.05, 0.1) is 20.6 Å². The number of hydrogen-bond acceptors (Lipinski definition) is 7. The number of benzene rings is 1. The fourth-order valence-electron chi connectivity index (χ4n) is 4.36. The lowest BCUT2D eigenvalue weighted by Gasteiger charge is -2.35. The van der Waals surface area contributed by atoms with Crippen molar-refractivity contribution in [1.82, 2.24) is 15.1 Å². The summed E-state index contributed by atoms with van der Waals surface area (Å²) in [7, 11) is 3.20. The van der Waals surface area contributed by atoms with Crippen molar-refractivity contribution in [3.63, 3.8) is 0 Å². The molecule has 1 amide bonds. The largest absolute Gasteiger partial charge is 0.493 e. The van der Waals surface area contributed by atoms with Crippen LogP contribution in [0.3, 0.4) is 0 Å². The van der Waals surface area contributed by atoms with Gasteiger partial charge in [-0.05, 0) is 49.4 Å². The maximum absolute atomic E-state index is 12.8. The normalized spacial score (nSPS) is 17.2. The molecule has 2 heterocycles. The Morgan fingerprint density at radius 1 is 0.938 bits per heavy atom. The van der Waals surface area contributed by atoms with E-state index in [1.165, 1.54) is 19.3 Å². The van der Waals surface area contributed by atoms with Crippen molar-refractivity contribution in [3.05, 3.63) is 35.9 Å². The molecular weight excluding hydrogens is 408 g/mol. The average Bonchev–Trinajstić information content (AvgIpc) is 2.85. The summed E-state index contributed by atoms with van der Waals surface area (Å²) in [6.45, 7) is 2.78. The molecule has 1 saturated carbocycles. The first-order valence-corrected chi connectivity index (χ1v) is 11.4. The van der Waals surface area contributed by atoms with Gasteiger partial charge < -0.3 is 24.0 Å². The van der Waals surface area contributed by atoms with Crippen molar-refractivity contribution in [2.75, 3.05) is 45.3 Å². The van der Waals surface area contributed by atoms with Gasteiger partial charge in [0.25, 0.3) is 0 Å². The van der Waals surface area contributed by atoms with Crippen LogP contribution in [0.15, 0.2) is 30.3 Å². The number of hydrogen-bond donors (Lipinski definition) is 0. The number of carbonyl (C=O) groups is 1. The minimum Gasteiger partial charge on any atom is -0.493 e. The molecule has 172 valence electrons. The van der Waals surface area contributed by atoms with E-state index in [4.69, 9.17) is 14.2 Å². The quantitative estimate of drug-likeness (QED) is 0.655. The minimum absolute atomic E-state index is 0.110. The van der Waals surface area contributed by atoms with Gasteiger partial charge in [-0.2, -0.15) is 0 Å². The van der Waals surface area contributed by atoms with E-state index in [0.717, 1.165) is 37.3 Å². The van der Waals surface area contributed by atoms with Crippen LogP contribution in [0.4, 0.5) is 5.82 Å². The molecule has 4 rings (SSSR count). The third kappa shape index (κ3) is 5.41. The third-order valence-corrected chi connectivity index (χ3v) is 6.23. The highest BCUT2D eigenvalue weighted by atomic mass is 16.5. The fourth-order valence-corrected chi connectivity index (χ4v) is 4.36. The van der Waals surface area contributed by atoms with Crippen LogP contribution in [0.2, 0.25) is 0 Å². The van der Waals surface area contributed by atoms with Gasteiger partial charge in [-0.3, -0.25) is 4.79 Å². The van der Waals surface area contributed by atoms with Gasteiger partial charge in [-0.25, -0.2) is 0 Å². The second-order valence-corrected chi connectivity index (χ2v) is 8.34. The molecule has 0 atom stereocenters. The van der Waals surface area contributed by atoms with Gasteiger partial charge >= 0.3 is 0 Å². The number of piperazine rings is 1. The predicted octanol–water partition coefficient (Wildman–Crippen LogP) is 3.10. The fraction of sp³-hybridized carbons (Fsp3) is 0.542. The number of nitrogens with zero attached hydrogens (tertiary/aromatic N) is 4. The van der Waals surface area contributed by atoms with E-state index >= 15 is 0 Å². The van der Waals surface area contributed by atoms with Crippen molar-refractivity contribution in [2.45, 2.75) is 44.6 Å². The molecule has 2 aromatic rings. The first-order chi connectivity index (χ1) is 15.7. The summed E-state index contributed by atoms with van der Waals surface area (Å²) >= 11 is 0. The van der Waals surface area contributed by atoms with Gasteiger partial charge in [-0.1, -0.05) is 12.5 Å². The van der Waals surface area contributed by atoms with E-state index in [-0.39, 0.29) is 12.0 Å². The summed E-state index contributed by atoms with van der Waals surface area (Å²) in [5, 5.41) is 8.63. The van der Waals surface area contributed by atoms with E-state index in [2.05, 4.69) is 15.1 Å². The monoisotopic (exact) mass is 440 g/mol. The van der Waals surface area contributed by atoms with Crippen LogP contribution >= 0.6 is 0 Å². The van der Waals surface area contributed by atoms with Crippen LogP contribution in [0.25, 0.3) is 0 Å². The summed E-state index contributed by atoms with van der Waals surface area (Å²) in [6.07, 6.45) is 6.56. The van der Waals surface area contributed by atoms with E-state index < -0.39 is 0 Å². The highest BCUT2D eigenvalue weighted by molar-refractivity contribution is 5.79. The standard InChI is InChI=1S/C24H32N4O4/c1-30-20-9-8-18(16-21(20)31-2)17-24(29)28-14-12-27(13-15-28)22-10-11-23(26-25-22)32-19-6-4-3-5-7-19/h8-11,16,19H,3-7,12-15,17H2,1-2H3. The number of amides is 1. The predicted molar refractivity (Wildman–Crippen MR) is 122 cm³/mol. The maximum atomic E-state index is 12.8. The molecule has 8 heteroatoms. The first-order valence-electron chi connectivity index (χ1n) is 11.4. The molecule has 32 heavy (non-hydrogen) atoms. The molecular formula is C24H32N4O4. The number of methoxy groups -OCH3 is 2. The Bertz CT molecular complexity index is 891. The average molecular weight is 441 g/mol. The summed E-state index contributed by atoms with van der Waals surface area (Å²) < 4.78 is 16.6. The Labute approximate surface area is 189 Å². The molecule has 0 unspecified atom stereocenters. The lowest BCUT2D eigenvalue weighted by atomic mass is 9.98. The highest BCUT2D eigenvalue weighted by Gasteiger charge is 2.23. The molecule has 1 aromatic carbocycles. The Morgan fingerprint density at radius 2 is 1.69 bits per heavy atom. The zero-order valence-electron chi connectivity index (χ0n) is 19.0. The third-order valence-electron chi connectivity index (χ3n) is 6.23. The van der Waals surface area contributed by atoms with Crippen molar-refractivity contribution >= 4 is 11.7 Å². The molecule has 1 aliphatic carbocycles. The Kier molecular flexibility index (Phi) is 7.29. The van der Waals surface area contributed by atoms with Crippen LogP contribution in [0.5, 0.6) is 17.4 Å². The summed E-state index contributed by atoms with van der Waals surface area (Å²) in [5.74, 6) is 2.84. The summed E-state index contributed by atoms with van der Waals surface area (Å²) in [6, 6.07) is 9.47. The number of anilines is 1. The van der Waals surface area contributed by atoms with Gasteiger partial charge in [0, 0.05) is 32.2 Å². The van der Waals surface area contributed by atoms with E-state index in [1.54, 1.807) is 14.2 Å². The Balaban J connectivity index is 1.27. The number of rotatable bonds is 7. The van der Waals surface area contributed by atoms with Crippen LogP contribution in [-0.2, 0) is 11.2 Å². The topological polar surface area (TPSA) is 77.0 Å². The zero-order valence-corrected chi connectivity index (χ0v) is 19.0. The summed E-state index contributed by atoms with van der Waals surface area (Å²) in [5.41, 5.74) is 0.912. The number of ether oxygens (including phenoxy) is 3. The van der Waals surface area contributed by atoms with Gasteiger partial charge in [-0.15, -0.1) is 10.2 Å². The van der Waals surface area contributed by atoms with Crippen LogP contribution < -0.4 is 19.1 Å². The molecule has 2 fully saturated rings. The molecule has 0 N–H and O–H groups in total. The van der Waals surface area contributed by atoms with E-state index in [1.807, 2.05) is 35.2 Å². The van der Waals surface area contributed by atoms with Gasteiger partial charge in [0.2, 0.25) is 11.8 Å². The number of aromatic nitrogens is 2. The van der Waals surface area contributed by atoms with Crippen molar-refractivity contribution in [1.29, 1.82) is 0 Å². The van der Waals surface area contributed by atoms with Crippen LogP contribution in [0, 0.1) is 0 Å². The molecule has 8 nitrogen and oxygen atoms in total. The maximum Gasteiger partial charge on any atom is 0.233 e. The van der Waals surface area contributed by atoms with E-state index in [0.29, 0.717) is 36.9 Å². The smallest absolute Gasteiger partial charge is 0.233 e. The summed E-state index contributed by atoms with van der Waals surface area (Å²) in [4.78, 5) is 16.9. The SMILES string of the molecule is COc1ccc(CC(=O)N2CCN(c3ccc(OC4CCCCC4)nn3)CC2)cc1OC. The van der Waals surface area contributed by atoms with Gasteiger partial charge in [0.1, 0.15) is 6.10 Å². The van der Waals surface area contributed by atoms with Crippen molar-refractivity contribution in [2.24, 2.45) is 0 Å². The lowest BCUT2D eigenvalue weighted by molar-refractivity contribution is -0.130. The molecule has 2 aliphatic rings. The van der Waals surface area contributed by atoms with Crippen LogP contribution in [0.1, 0.15) is 37.7 Å². The Hall–Kier alpha value is -3.03. The van der Waals surface area contributed by atoms with E-state index in [9.17, 15) is 4.79 Å². The lowest BCUT2D eigenvalue weighted by Crippen LogP contribution is -2.49. The van der Waals surface area contributed by atoms with Crippen LogP contribution in [-0.4, -0.2) is 67.5 Å². The molecule has 1 saturated heterocycles. The zero-order chi connectivity index (χ0) is 22.3. The molecule has 0 bridgehead atoms. The number of carbonyl (C=O) groups excluding carboxylic acids is 1. The van der Waals surface area contributed by atoms with Crippen molar-refractivity contribution in [3.8, 4) is 17.4 Å². The highest BCUT2D eigenvalue weighted by Crippen LogP contribution is 2.28. The molecule has 1 aromatic heterocycles. The Morgan fingerprint density at radius 3 is 2.34 bits per heavy atom. The second-order valence-electron chi connectivity index (χ2n) is 8.34.